The summed E-state index contributed by atoms with van der Waals surface area (Å²) in [5, 5.41) is 3.64. The zero-order valence-corrected chi connectivity index (χ0v) is 9.60. The third-order valence-electron chi connectivity index (χ3n) is 1.88. The minimum atomic E-state index is 0.491. The molecule has 0 amide bonds. The summed E-state index contributed by atoms with van der Waals surface area (Å²) in [5.74, 6) is 1.51. The predicted molar refractivity (Wildman–Crippen MR) is 63.0 cm³/mol. The molecule has 1 aromatic carbocycles. The largest absolute Gasteiger partial charge is 0.497 e. The third kappa shape index (κ3) is 3.36. The Morgan fingerprint density at radius 1 is 1.40 bits per heavy atom. The van der Waals surface area contributed by atoms with E-state index in [1.165, 1.54) is 0 Å². The van der Waals surface area contributed by atoms with E-state index in [0.29, 0.717) is 11.6 Å². The summed E-state index contributed by atoms with van der Waals surface area (Å²) in [6, 6.07) is 5.51. The van der Waals surface area contributed by atoms with Crippen LogP contribution in [0.2, 0.25) is 0 Å². The molecule has 0 saturated heterocycles. The van der Waals surface area contributed by atoms with Crippen LogP contribution >= 0.6 is 11.6 Å². The van der Waals surface area contributed by atoms with Gasteiger partial charge in [0, 0.05) is 11.1 Å². The van der Waals surface area contributed by atoms with E-state index in [9.17, 15) is 0 Å². The lowest BCUT2D eigenvalue weighted by Crippen LogP contribution is -2.03. The first-order chi connectivity index (χ1) is 7.17. The van der Waals surface area contributed by atoms with Crippen LogP contribution in [0.4, 0.5) is 5.69 Å². The molecule has 4 heteroatoms. The Labute approximate surface area is 94.6 Å². The molecule has 0 heterocycles. The van der Waals surface area contributed by atoms with Crippen molar-refractivity contribution < 1.29 is 9.47 Å². The predicted octanol–water partition coefficient (Wildman–Crippen LogP) is 2.87. The molecule has 0 saturated carbocycles. The summed E-state index contributed by atoms with van der Waals surface area (Å²) in [6.45, 7) is 4.09. The third-order valence-corrected chi connectivity index (χ3v) is 2.01. The average Bonchev–Trinajstić information content (AvgIpc) is 2.25. The second-order valence-corrected chi connectivity index (χ2v) is 3.47. The van der Waals surface area contributed by atoms with Gasteiger partial charge in [-0.05, 0) is 12.1 Å². The summed E-state index contributed by atoms with van der Waals surface area (Å²) in [4.78, 5) is 0. The van der Waals surface area contributed by atoms with Crippen molar-refractivity contribution in [2.24, 2.45) is 0 Å². The van der Waals surface area contributed by atoms with Crippen LogP contribution < -0.4 is 14.8 Å². The van der Waals surface area contributed by atoms with Gasteiger partial charge in [0.2, 0.25) is 0 Å². The molecule has 3 nitrogen and oxygen atoms in total. The Hall–Kier alpha value is -1.35. The fraction of sp³-hybridized carbons (Fsp3) is 0.273. The van der Waals surface area contributed by atoms with Crippen LogP contribution in [0, 0.1) is 0 Å². The van der Waals surface area contributed by atoms with Gasteiger partial charge < -0.3 is 14.8 Å². The molecule has 1 N–H and O–H groups in total. The van der Waals surface area contributed by atoms with Gasteiger partial charge in [-0.25, -0.2) is 0 Å². The van der Waals surface area contributed by atoms with Crippen molar-refractivity contribution in [3.63, 3.8) is 0 Å². The highest BCUT2D eigenvalue weighted by Crippen LogP contribution is 2.28. The number of hydrogen-bond donors (Lipinski definition) is 1. The minimum absolute atomic E-state index is 0.491. The smallest absolute Gasteiger partial charge is 0.142 e. The Bertz CT molecular complexity index is 352. The van der Waals surface area contributed by atoms with E-state index < -0.39 is 0 Å². The van der Waals surface area contributed by atoms with Crippen molar-refractivity contribution >= 4 is 17.3 Å². The van der Waals surface area contributed by atoms with Crippen LogP contribution in [-0.2, 0) is 0 Å². The van der Waals surface area contributed by atoms with E-state index in [4.69, 9.17) is 21.1 Å². The number of anilines is 1. The number of halogens is 1. The van der Waals surface area contributed by atoms with Gasteiger partial charge in [-0.3, -0.25) is 0 Å². The fourth-order valence-electron chi connectivity index (χ4n) is 1.14. The maximum atomic E-state index is 5.67. The lowest BCUT2D eigenvalue weighted by molar-refractivity contribution is 0.404. The highest BCUT2D eigenvalue weighted by molar-refractivity contribution is 6.29. The van der Waals surface area contributed by atoms with Crippen LogP contribution in [0.25, 0.3) is 0 Å². The molecule has 0 aliphatic carbocycles. The molecule has 82 valence electrons. The zero-order chi connectivity index (χ0) is 11.3. The normalized spacial score (nSPS) is 9.53. The summed E-state index contributed by atoms with van der Waals surface area (Å²) in [5.41, 5.74) is 0.832. The van der Waals surface area contributed by atoms with Crippen molar-refractivity contribution in [3.8, 4) is 11.5 Å². The Kier molecular flexibility index (Phi) is 4.31. The molecule has 0 fully saturated rings. The van der Waals surface area contributed by atoms with Gasteiger partial charge in [0.25, 0.3) is 0 Å². The van der Waals surface area contributed by atoms with Crippen molar-refractivity contribution in [1.29, 1.82) is 0 Å². The first kappa shape index (κ1) is 11.7. The molecule has 0 bridgehead atoms. The summed E-state index contributed by atoms with van der Waals surface area (Å²) in [7, 11) is 3.23. The molecule has 0 aromatic heterocycles. The second-order valence-electron chi connectivity index (χ2n) is 2.94. The lowest BCUT2D eigenvalue weighted by atomic mass is 10.2. The maximum Gasteiger partial charge on any atom is 0.142 e. The van der Waals surface area contributed by atoms with Gasteiger partial charge in [0.05, 0.1) is 26.5 Å². The van der Waals surface area contributed by atoms with Crippen molar-refractivity contribution in [2.45, 2.75) is 0 Å². The molecule has 0 aliphatic heterocycles. The number of rotatable bonds is 5. The first-order valence-electron chi connectivity index (χ1n) is 4.46. The van der Waals surface area contributed by atoms with E-state index in [2.05, 4.69) is 11.9 Å². The fourth-order valence-corrected chi connectivity index (χ4v) is 1.21. The van der Waals surface area contributed by atoms with E-state index in [1.807, 2.05) is 18.2 Å². The molecule has 0 aliphatic rings. The monoisotopic (exact) mass is 227 g/mol. The summed E-state index contributed by atoms with van der Waals surface area (Å²) < 4.78 is 10.3. The maximum absolute atomic E-state index is 5.67. The van der Waals surface area contributed by atoms with Crippen molar-refractivity contribution in [1.82, 2.24) is 0 Å². The Morgan fingerprint density at radius 2 is 2.13 bits per heavy atom. The molecule has 0 atom stereocenters. The molecular weight excluding hydrogens is 214 g/mol. The van der Waals surface area contributed by atoms with Crippen LogP contribution in [0.5, 0.6) is 11.5 Å². The Balaban J connectivity index is 2.85. The molecule has 0 radical (unpaired) electrons. The van der Waals surface area contributed by atoms with Gasteiger partial charge in [-0.15, -0.1) is 0 Å². The van der Waals surface area contributed by atoms with E-state index >= 15 is 0 Å². The Morgan fingerprint density at radius 3 is 2.67 bits per heavy atom. The second kappa shape index (κ2) is 5.51. The molecule has 15 heavy (non-hydrogen) atoms. The van der Waals surface area contributed by atoms with Crippen molar-refractivity contribution in [2.75, 3.05) is 26.1 Å². The molecule has 0 unspecified atom stereocenters. The summed E-state index contributed by atoms with van der Waals surface area (Å²) in [6.07, 6.45) is 0. The van der Waals surface area contributed by atoms with Crippen LogP contribution in [0.3, 0.4) is 0 Å². The van der Waals surface area contributed by atoms with E-state index in [1.54, 1.807) is 14.2 Å². The number of benzene rings is 1. The van der Waals surface area contributed by atoms with Crippen LogP contribution in [-0.4, -0.2) is 20.8 Å². The molecular formula is C11H14ClNO2. The standard InChI is InChI=1S/C11H14ClNO2/c1-8(12)7-13-10-6-9(14-2)4-5-11(10)15-3/h4-6,13H,1,7H2,2-3H3. The van der Waals surface area contributed by atoms with E-state index in [-0.39, 0.29) is 0 Å². The number of nitrogens with one attached hydrogen (secondary N) is 1. The lowest BCUT2D eigenvalue weighted by Gasteiger charge is -2.11. The molecule has 1 rings (SSSR count). The zero-order valence-electron chi connectivity index (χ0n) is 8.84. The first-order valence-corrected chi connectivity index (χ1v) is 4.84. The topological polar surface area (TPSA) is 30.5 Å². The van der Waals surface area contributed by atoms with Crippen LogP contribution in [0.15, 0.2) is 29.8 Å². The quantitative estimate of drug-likeness (QED) is 0.839. The van der Waals surface area contributed by atoms with Crippen molar-refractivity contribution in [3.05, 3.63) is 29.8 Å². The van der Waals surface area contributed by atoms with Gasteiger partial charge in [0.1, 0.15) is 11.5 Å². The average molecular weight is 228 g/mol. The van der Waals surface area contributed by atoms with Gasteiger partial charge in [-0.1, -0.05) is 18.2 Å². The summed E-state index contributed by atoms with van der Waals surface area (Å²) >= 11 is 5.67. The highest BCUT2D eigenvalue weighted by Gasteiger charge is 2.04. The van der Waals surface area contributed by atoms with Crippen LogP contribution in [0.1, 0.15) is 0 Å². The highest BCUT2D eigenvalue weighted by atomic mass is 35.5. The van der Waals surface area contributed by atoms with E-state index in [0.717, 1.165) is 17.2 Å². The molecule has 0 spiro atoms. The number of methoxy groups -OCH3 is 2. The van der Waals surface area contributed by atoms with Gasteiger partial charge in [0.15, 0.2) is 0 Å². The number of ether oxygens (including phenoxy) is 2. The molecule has 1 aromatic rings. The SMILES string of the molecule is C=C(Cl)CNc1cc(OC)ccc1OC. The minimum Gasteiger partial charge on any atom is -0.497 e. The van der Waals surface area contributed by atoms with Gasteiger partial charge >= 0.3 is 0 Å². The van der Waals surface area contributed by atoms with Gasteiger partial charge in [-0.2, -0.15) is 0 Å². The number of hydrogen-bond acceptors (Lipinski definition) is 3.